The molecule has 1 fully saturated rings. The average Bonchev–Trinajstić information content (AvgIpc) is 2.93. The predicted molar refractivity (Wildman–Crippen MR) is 94.2 cm³/mol. The lowest BCUT2D eigenvalue weighted by Crippen LogP contribution is -2.30. The number of hydrogen-bond acceptors (Lipinski definition) is 5. The lowest BCUT2D eigenvalue weighted by Gasteiger charge is -2.23. The number of ether oxygens (including phenoxy) is 1. The molecule has 0 bridgehead atoms. The van der Waals surface area contributed by atoms with Crippen molar-refractivity contribution in [3.63, 3.8) is 0 Å². The summed E-state index contributed by atoms with van der Waals surface area (Å²) in [5, 5.41) is 2.02. The largest absolute Gasteiger partial charge is 0.465 e. The van der Waals surface area contributed by atoms with Crippen LogP contribution >= 0.6 is 11.3 Å². The van der Waals surface area contributed by atoms with Crippen LogP contribution in [-0.2, 0) is 11.3 Å². The van der Waals surface area contributed by atoms with Gasteiger partial charge in [-0.1, -0.05) is 0 Å². The fourth-order valence-electron chi connectivity index (χ4n) is 2.96. The Bertz CT molecular complexity index is 687. The van der Waals surface area contributed by atoms with Gasteiger partial charge in [-0.25, -0.2) is 9.18 Å². The lowest BCUT2D eigenvalue weighted by atomic mass is 10.2. The Morgan fingerprint density at radius 1 is 1.21 bits per heavy atom. The van der Waals surface area contributed by atoms with Gasteiger partial charge in [-0.15, -0.1) is 11.3 Å². The van der Waals surface area contributed by atoms with Crippen LogP contribution in [0.1, 0.15) is 21.7 Å². The highest BCUT2D eigenvalue weighted by Gasteiger charge is 2.17. The maximum atomic E-state index is 13.1. The molecular weight excluding hydrogens is 327 g/mol. The summed E-state index contributed by atoms with van der Waals surface area (Å²) in [6.07, 6.45) is 1.06. The van der Waals surface area contributed by atoms with E-state index in [2.05, 4.69) is 9.80 Å². The minimum atomic E-state index is -0.274. The van der Waals surface area contributed by atoms with Gasteiger partial charge in [0, 0.05) is 38.4 Å². The van der Waals surface area contributed by atoms with Gasteiger partial charge in [0.2, 0.25) is 0 Å². The molecule has 128 valence electrons. The molecule has 2 aromatic rings. The molecular formula is C18H21FN2O2S. The number of hydrogen-bond donors (Lipinski definition) is 0. The maximum absolute atomic E-state index is 13.1. The summed E-state index contributed by atoms with van der Waals surface area (Å²) in [6, 6.07) is 8.62. The number of thiophene rings is 1. The summed E-state index contributed by atoms with van der Waals surface area (Å²) in [5.41, 5.74) is 2.22. The van der Waals surface area contributed by atoms with Crippen LogP contribution in [0.2, 0.25) is 0 Å². The van der Waals surface area contributed by atoms with Crippen molar-refractivity contribution < 1.29 is 13.9 Å². The van der Waals surface area contributed by atoms with Gasteiger partial charge >= 0.3 is 5.97 Å². The predicted octanol–water partition coefficient (Wildman–Crippen LogP) is 3.39. The first-order chi connectivity index (χ1) is 11.7. The van der Waals surface area contributed by atoms with E-state index in [0.717, 1.165) is 50.4 Å². The van der Waals surface area contributed by atoms with E-state index in [1.807, 2.05) is 23.6 Å². The first-order valence-corrected chi connectivity index (χ1v) is 8.92. The van der Waals surface area contributed by atoms with Gasteiger partial charge in [0.15, 0.2) is 0 Å². The quantitative estimate of drug-likeness (QED) is 0.793. The Labute approximate surface area is 145 Å². The Kier molecular flexibility index (Phi) is 5.48. The van der Waals surface area contributed by atoms with Gasteiger partial charge in [-0.3, -0.25) is 4.90 Å². The van der Waals surface area contributed by atoms with Gasteiger partial charge in [0.25, 0.3) is 0 Å². The molecule has 0 saturated carbocycles. The lowest BCUT2D eigenvalue weighted by molar-refractivity contribution is 0.0606. The number of carbonyl (C=O) groups excluding carboxylic acids is 1. The summed E-state index contributed by atoms with van der Waals surface area (Å²) in [5.74, 6) is -0.473. The van der Waals surface area contributed by atoms with Gasteiger partial charge in [-0.2, -0.15) is 0 Å². The van der Waals surface area contributed by atoms with E-state index in [1.54, 1.807) is 0 Å². The molecule has 0 radical (unpaired) electrons. The Morgan fingerprint density at radius 2 is 2.00 bits per heavy atom. The number of halogens is 1. The van der Waals surface area contributed by atoms with Gasteiger partial charge in [-0.05, 0) is 47.7 Å². The first-order valence-electron chi connectivity index (χ1n) is 8.04. The molecule has 1 aromatic carbocycles. The minimum Gasteiger partial charge on any atom is -0.465 e. The summed E-state index contributed by atoms with van der Waals surface area (Å²) in [4.78, 5) is 16.9. The highest BCUT2D eigenvalue weighted by Crippen LogP contribution is 2.20. The Morgan fingerprint density at radius 3 is 2.75 bits per heavy atom. The third-order valence-corrected chi connectivity index (χ3v) is 5.19. The molecule has 1 aliphatic rings. The van der Waals surface area contributed by atoms with Crippen molar-refractivity contribution in [2.45, 2.75) is 13.0 Å². The zero-order valence-corrected chi connectivity index (χ0v) is 14.5. The van der Waals surface area contributed by atoms with Crippen LogP contribution in [0, 0.1) is 5.82 Å². The fraction of sp³-hybridized carbons (Fsp3) is 0.389. The Hall–Kier alpha value is -1.92. The van der Waals surface area contributed by atoms with Crippen LogP contribution in [0.25, 0.3) is 0 Å². The standard InChI is InChI=1S/C18H21FN2O2S/c1-23-18(22)17-11-14(13-24-17)12-20-7-2-8-21(10-9-20)16-5-3-15(19)4-6-16/h3-6,11,13H,2,7-10,12H2,1H3. The number of methoxy groups -OCH3 is 1. The number of rotatable bonds is 4. The summed E-state index contributed by atoms with van der Waals surface area (Å²) >= 11 is 1.43. The smallest absolute Gasteiger partial charge is 0.348 e. The van der Waals surface area contributed by atoms with Crippen molar-refractivity contribution in [2.75, 3.05) is 38.2 Å². The van der Waals surface area contributed by atoms with E-state index in [9.17, 15) is 9.18 Å². The molecule has 24 heavy (non-hydrogen) atoms. The molecule has 0 spiro atoms. The Balaban J connectivity index is 1.58. The van der Waals surface area contributed by atoms with Crippen molar-refractivity contribution in [3.05, 3.63) is 52.0 Å². The van der Waals surface area contributed by atoms with Crippen LogP contribution in [-0.4, -0.2) is 44.2 Å². The van der Waals surface area contributed by atoms with Crippen molar-refractivity contribution in [2.24, 2.45) is 0 Å². The molecule has 3 rings (SSSR count). The highest BCUT2D eigenvalue weighted by molar-refractivity contribution is 7.12. The summed E-state index contributed by atoms with van der Waals surface area (Å²) in [7, 11) is 1.40. The molecule has 1 aromatic heterocycles. The molecule has 0 amide bonds. The second-order valence-electron chi connectivity index (χ2n) is 5.90. The highest BCUT2D eigenvalue weighted by atomic mass is 32.1. The number of carbonyl (C=O) groups is 1. The van der Waals surface area contributed by atoms with E-state index >= 15 is 0 Å². The summed E-state index contributed by atoms with van der Waals surface area (Å²) < 4.78 is 17.8. The van der Waals surface area contributed by atoms with E-state index in [0.29, 0.717) is 4.88 Å². The van der Waals surface area contributed by atoms with E-state index in [1.165, 1.54) is 30.6 Å². The average molecular weight is 348 g/mol. The van der Waals surface area contributed by atoms with Crippen LogP contribution in [0.15, 0.2) is 35.7 Å². The zero-order valence-electron chi connectivity index (χ0n) is 13.7. The minimum absolute atomic E-state index is 0.200. The van der Waals surface area contributed by atoms with Crippen LogP contribution in [0.4, 0.5) is 10.1 Å². The summed E-state index contributed by atoms with van der Waals surface area (Å²) in [6.45, 7) is 4.69. The third-order valence-electron chi connectivity index (χ3n) is 4.23. The van der Waals surface area contributed by atoms with E-state index < -0.39 is 0 Å². The third kappa shape index (κ3) is 4.13. The monoisotopic (exact) mass is 348 g/mol. The van der Waals surface area contributed by atoms with Crippen molar-refractivity contribution in [3.8, 4) is 0 Å². The fourth-order valence-corrected chi connectivity index (χ4v) is 3.78. The van der Waals surface area contributed by atoms with Gasteiger partial charge < -0.3 is 9.64 Å². The number of anilines is 1. The topological polar surface area (TPSA) is 32.8 Å². The SMILES string of the molecule is COC(=O)c1cc(CN2CCCN(c3ccc(F)cc3)CC2)cs1. The van der Waals surface area contributed by atoms with E-state index in [4.69, 9.17) is 4.74 Å². The zero-order chi connectivity index (χ0) is 16.9. The van der Waals surface area contributed by atoms with Crippen LogP contribution in [0.3, 0.4) is 0 Å². The molecule has 2 heterocycles. The molecule has 0 unspecified atom stereocenters. The first kappa shape index (κ1) is 16.9. The number of esters is 1. The second kappa shape index (κ2) is 7.77. The maximum Gasteiger partial charge on any atom is 0.348 e. The van der Waals surface area contributed by atoms with Gasteiger partial charge in [0.1, 0.15) is 10.7 Å². The second-order valence-corrected chi connectivity index (χ2v) is 6.82. The normalized spacial score (nSPS) is 16.0. The molecule has 4 nitrogen and oxygen atoms in total. The van der Waals surface area contributed by atoms with Crippen molar-refractivity contribution >= 4 is 23.0 Å². The van der Waals surface area contributed by atoms with Crippen molar-refractivity contribution in [1.29, 1.82) is 0 Å². The number of nitrogens with zero attached hydrogens (tertiary/aromatic N) is 2. The molecule has 1 saturated heterocycles. The molecule has 0 aliphatic carbocycles. The molecule has 0 N–H and O–H groups in total. The van der Waals surface area contributed by atoms with Crippen LogP contribution in [0.5, 0.6) is 0 Å². The molecule has 0 atom stereocenters. The van der Waals surface area contributed by atoms with Gasteiger partial charge in [0.05, 0.1) is 7.11 Å². The van der Waals surface area contributed by atoms with Crippen molar-refractivity contribution in [1.82, 2.24) is 4.90 Å². The molecule has 6 heteroatoms. The van der Waals surface area contributed by atoms with E-state index in [-0.39, 0.29) is 11.8 Å². The molecule has 1 aliphatic heterocycles. The van der Waals surface area contributed by atoms with Crippen LogP contribution < -0.4 is 4.90 Å². The number of benzene rings is 1.